The van der Waals surface area contributed by atoms with Gasteiger partial charge in [-0.1, -0.05) is 63.7 Å². The van der Waals surface area contributed by atoms with E-state index in [0.29, 0.717) is 13.1 Å². The van der Waals surface area contributed by atoms with Crippen molar-refractivity contribution in [1.82, 2.24) is 9.80 Å². The summed E-state index contributed by atoms with van der Waals surface area (Å²) in [6.45, 7) is 9.22. The molecule has 2 saturated carbocycles. The Morgan fingerprint density at radius 3 is 1.25 bits per heavy atom. The van der Waals surface area contributed by atoms with E-state index >= 15 is 0 Å². The molecule has 0 spiro atoms. The van der Waals surface area contributed by atoms with Gasteiger partial charge in [0.2, 0.25) is 11.8 Å². The maximum atomic E-state index is 13.0. The second-order valence-electron chi connectivity index (χ2n) is 8.04. The second-order valence-corrected chi connectivity index (χ2v) is 15.6. The Bertz CT molecular complexity index is 559. The first-order chi connectivity index (χ1) is 10.8. The Labute approximate surface area is 177 Å². The van der Waals surface area contributed by atoms with Gasteiger partial charge in [-0.3, -0.25) is 9.59 Å². The zero-order chi connectivity index (χ0) is 18.3. The third-order valence-corrected chi connectivity index (χ3v) is 10.6. The molecule has 2 aliphatic carbocycles. The smallest absolute Gasteiger partial charge is 0.231 e. The van der Waals surface area contributed by atoms with Gasteiger partial charge in [-0.2, -0.15) is 0 Å². The zero-order valence-corrected chi connectivity index (χ0v) is 20.5. The second kappa shape index (κ2) is 5.68. The van der Waals surface area contributed by atoms with Crippen LogP contribution in [0.3, 0.4) is 0 Å². The highest BCUT2D eigenvalue weighted by atomic mass is 79.9. The summed E-state index contributed by atoms with van der Waals surface area (Å²) in [5, 5.41) is 0. The van der Waals surface area contributed by atoms with Crippen molar-refractivity contribution >= 4 is 75.5 Å². The molecule has 136 valence electrons. The maximum Gasteiger partial charge on any atom is 0.231 e. The predicted molar refractivity (Wildman–Crippen MR) is 109 cm³/mol. The molecule has 0 N–H and O–H groups in total. The minimum absolute atomic E-state index is 0.0216. The summed E-state index contributed by atoms with van der Waals surface area (Å²) in [6, 6.07) is 0.0431. The van der Waals surface area contributed by atoms with Gasteiger partial charge in [0.15, 0.2) is 0 Å². The SMILES string of the molecule is C[C@H]1CN(C(=O)[C@@]2(C)CC2(Br)Br)[C@@H](C)CN1C(=O)[C@@]1(C)CC1(Br)Br. The van der Waals surface area contributed by atoms with Crippen LogP contribution in [0, 0.1) is 10.8 Å². The normalized spacial score (nSPS) is 42.7. The monoisotopic (exact) mass is 590 g/mol. The van der Waals surface area contributed by atoms with E-state index in [1.165, 1.54) is 0 Å². The summed E-state index contributed by atoms with van der Waals surface area (Å²) in [6.07, 6.45) is 1.57. The van der Waals surface area contributed by atoms with E-state index in [2.05, 4.69) is 63.7 Å². The summed E-state index contributed by atoms with van der Waals surface area (Å²) in [7, 11) is 0. The minimum atomic E-state index is -0.406. The quantitative estimate of drug-likeness (QED) is 0.450. The van der Waals surface area contributed by atoms with Gasteiger partial charge < -0.3 is 9.80 Å². The van der Waals surface area contributed by atoms with E-state index in [9.17, 15) is 9.59 Å². The molecule has 3 fully saturated rings. The molecule has 0 unspecified atom stereocenters. The number of alkyl halides is 4. The fourth-order valence-corrected chi connectivity index (χ4v) is 6.51. The summed E-state index contributed by atoms with van der Waals surface area (Å²) in [4.78, 5) is 29.9. The van der Waals surface area contributed by atoms with Gasteiger partial charge in [0.05, 0.1) is 17.3 Å². The van der Waals surface area contributed by atoms with Gasteiger partial charge in [-0.05, 0) is 40.5 Å². The number of halogens is 4. The van der Waals surface area contributed by atoms with Gasteiger partial charge in [0.1, 0.15) is 0 Å². The third-order valence-electron chi connectivity index (χ3n) is 5.97. The van der Waals surface area contributed by atoms with Crippen molar-refractivity contribution in [3.8, 4) is 0 Å². The molecule has 1 aliphatic heterocycles. The molecule has 1 saturated heterocycles. The van der Waals surface area contributed by atoms with E-state index in [-0.39, 0.29) is 30.4 Å². The molecule has 24 heavy (non-hydrogen) atoms. The van der Waals surface area contributed by atoms with Crippen LogP contribution in [0.5, 0.6) is 0 Å². The van der Waals surface area contributed by atoms with Crippen LogP contribution < -0.4 is 0 Å². The van der Waals surface area contributed by atoms with E-state index in [1.54, 1.807) is 0 Å². The van der Waals surface area contributed by atoms with Crippen LogP contribution in [0.4, 0.5) is 0 Å². The highest BCUT2D eigenvalue weighted by molar-refractivity contribution is 9.26. The number of carbonyl (C=O) groups is 2. The van der Waals surface area contributed by atoms with E-state index in [1.807, 2.05) is 37.5 Å². The van der Waals surface area contributed by atoms with E-state index in [4.69, 9.17) is 0 Å². The Balaban J connectivity index is 1.72. The molecule has 0 aromatic carbocycles. The van der Waals surface area contributed by atoms with Crippen LogP contribution in [0.15, 0.2) is 0 Å². The summed E-state index contributed by atoms with van der Waals surface area (Å²) < 4.78 is -0.569. The molecular formula is C16H22Br4N2O2. The highest BCUT2D eigenvalue weighted by Gasteiger charge is 2.69. The highest BCUT2D eigenvalue weighted by Crippen LogP contribution is 2.68. The van der Waals surface area contributed by atoms with Gasteiger partial charge in [0.25, 0.3) is 0 Å². The molecule has 1 heterocycles. The Hall–Kier alpha value is 0.860. The standard InChI is InChI=1S/C16H22Br4N2O2/c1-9-5-22(12(24)14(4)8-16(14,19)20)10(2)6-21(9)11(23)13(3)7-15(13,17)18/h9-10H,5-8H2,1-4H3/t9-,10-,13+,14+/m0/s1. The van der Waals surface area contributed by atoms with Gasteiger partial charge in [0, 0.05) is 25.2 Å². The van der Waals surface area contributed by atoms with Crippen LogP contribution in [0.1, 0.15) is 40.5 Å². The molecule has 2 amide bonds. The average Bonchev–Trinajstić information content (AvgIpc) is 3.19. The van der Waals surface area contributed by atoms with Gasteiger partial charge in [-0.15, -0.1) is 0 Å². The summed E-state index contributed by atoms with van der Waals surface area (Å²) >= 11 is 14.3. The topological polar surface area (TPSA) is 40.6 Å². The Kier molecular flexibility index (Phi) is 4.64. The van der Waals surface area contributed by atoms with Crippen molar-refractivity contribution in [3.05, 3.63) is 0 Å². The first-order valence-corrected chi connectivity index (χ1v) is 11.3. The van der Waals surface area contributed by atoms with Crippen molar-refractivity contribution in [2.45, 2.75) is 59.1 Å². The summed E-state index contributed by atoms with van der Waals surface area (Å²) in [5.41, 5.74) is -0.812. The molecular weight excluding hydrogens is 572 g/mol. The number of carbonyl (C=O) groups excluding carboxylic acids is 2. The average molecular weight is 594 g/mol. The minimum Gasteiger partial charge on any atom is -0.336 e. The van der Waals surface area contributed by atoms with Crippen LogP contribution in [0.25, 0.3) is 0 Å². The van der Waals surface area contributed by atoms with Crippen LogP contribution >= 0.6 is 63.7 Å². The lowest BCUT2D eigenvalue weighted by Gasteiger charge is -2.46. The Morgan fingerprint density at radius 1 is 0.792 bits per heavy atom. The third kappa shape index (κ3) is 2.76. The number of piperazine rings is 1. The number of hydrogen-bond donors (Lipinski definition) is 0. The van der Waals surface area contributed by atoms with E-state index < -0.39 is 10.8 Å². The predicted octanol–water partition coefficient (Wildman–Crippen LogP) is 4.23. The van der Waals surface area contributed by atoms with Gasteiger partial charge >= 0.3 is 0 Å². The maximum absolute atomic E-state index is 13.0. The zero-order valence-electron chi connectivity index (χ0n) is 14.2. The van der Waals surface area contributed by atoms with E-state index in [0.717, 1.165) is 12.8 Å². The molecule has 0 radical (unpaired) electrons. The summed E-state index contributed by atoms with van der Waals surface area (Å²) in [5.74, 6) is 0.325. The number of rotatable bonds is 2. The van der Waals surface area contributed by atoms with Crippen molar-refractivity contribution in [1.29, 1.82) is 0 Å². The van der Waals surface area contributed by atoms with Crippen LogP contribution in [-0.4, -0.2) is 53.3 Å². The van der Waals surface area contributed by atoms with Crippen molar-refractivity contribution in [3.63, 3.8) is 0 Å². The lowest BCUT2D eigenvalue weighted by molar-refractivity contribution is -0.151. The first kappa shape index (κ1) is 19.6. The number of nitrogens with zero attached hydrogens (tertiary/aromatic N) is 2. The number of amides is 2. The molecule has 4 atom stereocenters. The van der Waals surface area contributed by atoms with Crippen molar-refractivity contribution < 1.29 is 9.59 Å². The fourth-order valence-electron chi connectivity index (χ4n) is 3.59. The van der Waals surface area contributed by atoms with Crippen LogP contribution in [0.2, 0.25) is 0 Å². The van der Waals surface area contributed by atoms with Crippen molar-refractivity contribution in [2.24, 2.45) is 10.8 Å². The Morgan fingerprint density at radius 2 is 1.04 bits per heavy atom. The van der Waals surface area contributed by atoms with Crippen LogP contribution in [-0.2, 0) is 9.59 Å². The largest absolute Gasteiger partial charge is 0.336 e. The molecule has 3 rings (SSSR count). The lowest BCUT2D eigenvalue weighted by atomic mass is 10.00. The van der Waals surface area contributed by atoms with Crippen molar-refractivity contribution in [2.75, 3.05) is 13.1 Å². The molecule has 8 heteroatoms. The molecule has 4 nitrogen and oxygen atoms in total. The molecule has 3 aliphatic rings. The molecule has 0 aromatic rings. The first-order valence-electron chi connectivity index (χ1n) is 8.15. The molecule has 0 aromatic heterocycles. The van der Waals surface area contributed by atoms with Gasteiger partial charge in [-0.25, -0.2) is 0 Å². The molecule has 0 bridgehead atoms. The lowest BCUT2D eigenvalue weighted by Crippen LogP contribution is -2.62. The number of hydrogen-bond acceptors (Lipinski definition) is 2. The fraction of sp³-hybridized carbons (Fsp3) is 0.875.